The number of halogens is 1. The van der Waals surface area contributed by atoms with Crippen LogP contribution in [-0.4, -0.2) is 30.8 Å². The number of hydrogen-bond acceptors (Lipinski definition) is 3. The number of nitrogens with one attached hydrogen (secondary N) is 1. The summed E-state index contributed by atoms with van der Waals surface area (Å²) in [6.45, 7) is 6.77. The van der Waals surface area contributed by atoms with E-state index in [0.717, 1.165) is 30.4 Å². The van der Waals surface area contributed by atoms with Gasteiger partial charge in [0.05, 0.1) is 0 Å². The van der Waals surface area contributed by atoms with Gasteiger partial charge >= 0.3 is 0 Å². The van der Waals surface area contributed by atoms with Gasteiger partial charge in [0.25, 0.3) is 0 Å². The van der Waals surface area contributed by atoms with E-state index >= 15 is 0 Å². The fourth-order valence-electron chi connectivity index (χ4n) is 3.33. The topological polar surface area (TPSA) is 35.5 Å². The molecule has 0 spiro atoms. The molecule has 1 aromatic carbocycles. The Bertz CT molecular complexity index is 452. The molecule has 2 N–H and O–H groups in total. The molecule has 1 aliphatic rings. The van der Waals surface area contributed by atoms with E-state index in [-0.39, 0.29) is 0 Å². The SMILES string of the molecule is CCNC(C)c1ccc(Br)cc1N1CCCC1CCCO. The second-order valence-corrected chi connectivity index (χ2v) is 6.75. The third-order valence-electron chi connectivity index (χ3n) is 4.35. The molecule has 3 nitrogen and oxygen atoms in total. The monoisotopic (exact) mass is 354 g/mol. The largest absolute Gasteiger partial charge is 0.396 e. The summed E-state index contributed by atoms with van der Waals surface area (Å²) in [6.07, 6.45) is 4.46. The first-order valence-corrected chi connectivity index (χ1v) is 8.87. The fourth-order valence-corrected chi connectivity index (χ4v) is 3.68. The lowest BCUT2D eigenvalue weighted by Crippen LogP contribution is -2.31. The summed E-state index contributed by atoms with van der Waals surface area (Å²) in [6, 6.07) is 7.54. The Hall–Kier alpha value is -0.580. The zero-order valence-electron chi connectivity index (χ0n) is 13.1. The highest BCUT2D eigenvalue weighted by molar-refractivity contribution is 9.10. The minimum absolute atomic E-state index is 0.295. The van der Waals surface area contributed by atoms with Crippen LogP contribution < -0.4 is 10.2 Å². The molecule has 118 valence electrons. The van der Waals surface area contributed by atoms with Gasteiger partial charge < -0.3 is 15.3 Å². The summed E-state index contributed by atoms with van der Waals surface area (Å²) in [4.78, 5) is 2.55. The van der Waals surface area contributed by atoms with Crippen LogP contribution in [0.15, 0.2) is 22.7 Å². The van der Waals surface area contributed by atoms with Crippen LogP contribution >= 0.6 is 15.9 Å². The van der Waals surface area contributed by atoms with Gasteiger partial charge in [-0.3, -0.25) is 0 Å². The number of nitrogens with zero attached hydrogens (tertiary/aromatic N) is 1. The number of aliphatic hydroxyl groups excluding tert-OH is 1. The Morgan fingerprint density at radius 2 is 2.29 bits per heavy atom. The Morgan fingerprint density at radius 1 is 1.48 bits per heavy atom. The molecule has 1 heterocycles. The van der Waals surface area contributed by atoms with Crippen molar-refractivity contribution in [2.75, 3.05) is 24.6 Å². The Labute approximate surface area is 136 Å². The maximum Gasteiger partial charge on any atom is 0.0431 e. The summed E-state index contributed by atoms with van der Waals surface area (Å²) in [5.41, 5.74) is 2.72. The van der Waals surface area contributed by atoms with E-state index in [1.165, 1.54) is 24.1 Å². The predicted molar refractivity (Wildman–Crippen MR) is 92.9 cm³/mol. The first-order chi connectivity index (χ1) is 10.2. The molecule has 1 fully saturated rings. The molecule has 1 aromatic rings. The highest BCUT2D eigenvalue weighted by Gasteiger charge is 2.27. The van der Waals surface area contributed by atoms with Crippen molar-refractivity contribution in [1.82, 2.24) is 5.32 Å². The third kappa shape index (κ3) is 4.21. The van der Waals surface area contributed by atoms with Gasteiger partial charge in [0.15, 0.2) is 0 Å². The molecule has 2 unspecified atom stereocenters. The number of hydrogen-bond donors (Lipinski definition) is 2. The van der Waals surface area contributed by atoms with Gasteiger partial charge in [0.2, 0.25) is 0 Å². The predicted octanol–water partition coefficient (Wildman–Crippen LogP) is 3.86. The summed E-state index contributed by atoms with van der Waals surface area (Å²) in [7, 11) is 0. The van der Waals surface area contributed by atoms with Crippen molar-refractivity contribution in [2.45, 2.75) is 51.6 Å². The highest BCUT2D eigenvalue weighted by atomic mass is 79.9. The van der Waals surface area contributed by atoms with Crippen LogP contribution in [0.25, 0.3) is 0 Å². The van der Waals surface area contributed by atoms with Crippen LogP contribution in [0.5, 0.6) is 0 Å². The van der Waals surface area contributed by atoms with Gasteiger partial charge in [-0.1, -0.05) is 28.9 Å². The lowest BCUT2D eigenvalue weighted by molar-refractivity contribution is 0.279. The van der Waals surface area contributed by atoms with Crippen LogP contribution in [0.3, 0.4) is 0 Å². The molecular formula is C17H27BrN2O. The van der Waals surface area contributed by atoms with Gasteiger partial charge in [-0.05, 0) is 56.8 Å². The maximum absolute atomic E-state index is 9.10. The molecule has 0 saturated carbocycles. The molecule has 2 atom stereocenters. The van der Waals surface area contributed by atoms with E-state index in [0.29, 0.717) is 18.7 Å². The number of aliphatic hydroxyl groups is 1. The number of rotatable bonds is 7. The Kier molecular flexibility index (Phi) is 6.52. The molecule has 1 saturated heterocycles. The van der Waals surface area contributed by atoms with E-state index in [2.05, 4.69) is 58.2 Å². The number of anilines is 1. The quantitative estimate of drug-likeness (QED) is 0.780. The Morgan fingerprint density at radius 3 is 3.00 bits per heavy atom. The Balaban J connectivity index is 2.25. The fraction of sp³-hybridized carbons (Fsp3) is 0.647. The molecular weight excluding hydrogens is 328 g/mol. The van der Waals surface area contributed by atoms with E-state index in [1.807, 2.05) is 0 Å². The maximum atomic E-state index is 9.10. The molecule has 1 aliphatic heterocycles. The second-order valence-electron chi connectivity index (χ2n) is 5.84. The van der Waals surface area contributed by atoms with Gasteiger partial charge in [-0.15, -0.1) is 0 Å². The van der Waals surface area contributed by atoms with E-state index < -0.39 is 0 Å². The first-order valence-electron chi connectivity index (χ1n) is 8.07. The van der Waals surface area contributed by atoms with Crippen molar-refractivity contribution in [1.29, 1.82) is 0 Å². The van der Waals surface area contributed by atoms with Crippen molar-refractivity contribution in [2.24, 2.45) is 0 Å². The molecule has 0 amide bonds. The van der Waals surface area contributed by atoms with Crippen LogP contribution in [0.2, 0.25) is 0 Å². The van der Waals surface area contributed by atoms with Crippen LogP contribution in [0.4, 0.5) is 5.69 Å². The molecule has 4 heteroatoms. The van der Waals surface area contributed by atoms with E-state index in [1.54, 1.807) is 0 Å². The van der Waals surface area contributed by atoms with Gasteiger partial charge in [0, 0.05) is 35.4 Å². The smallest absolute Gasteiger partial charge is 0.0431 e. The van der Waals surface area contributed by atoms with Gasteiger partial charge in [-0.2, -0.15) is 0 Å². The average molecular weight is 355 g/mol. The summed E-state index contributed by atoms with van der Waals surface area (Å²) >= 11 is 3.62. The minimum Gasteiger partial charge on any atom is -0.396 e. The third-order valence-corrected chi connectivity index (χ3v) is 4.84. The van der Waals surface area contributed by atoms with Crippen LogP contribution in [0, 0.1) is 0 Å². The van der Waals surface area contributed by atoms with Crippen molar-refractivity contribution in [3.05, 3.63) is 28.2 Å². The molecule has 0 bridgehead atoms. The normalized spacial score (nSPS) is 20.0. The first kappa shape index (κ1) is 16.8. The second kappa shape index (κ2) is 8.16. The lowest BCUT2D eigenvalue weighted by atomic mass is 10.0. The molecule has 2 rings (SSSR count). The van der Waals surface area contributed by atoms with Crippen molar-refractivity contribution in [3.8, 4) is 0 Å². The molecule has 21 heavy (non-hydrogen) atoms. The average Bonchev–Trinajstić information content (AvgIpc) is 2.93. The van der Waals surface area contributed by atoms with E-state index in [4.69, 9.17) is 5.11 Å². The molecule has 0 radical (unpaired) electrons. The molecule has 0 aromatic heterocycles. The van der Waals surface area contributed by atoms with Gasteiger partial charge in [0.1, 0.15) is 0 Å². The number of benzene rings is 1. The standard InChI is InChI=1S/C17H27BrN2O/c1-3-19-13(2)16-9-8-14(18)12-17(16)20-10-4-6-15(20)7-5-11-21/h8-9,12-13,15,19,21H,3-7,10-11H2,1-2H3. The van der Waals surface area contributed by atoms with Crippen molar-refractivity contribution >= 4 is 21.6 Å². The highest BCUT2D eigenvalue weighted by Crippen LogP contribution is 2.35. The molecule has 0 aliphatic carbocycles. The summed E-state index contributed by atoms with van der Waals surface area (Å²) in [5, 5.41) is 12.6. The zero-order valence-corrected chi connectivity index (χ0v) is 14.7. The van der Waals surface area contributed by atoms with Crippen molar-refractivity contribution in [3.63, 3.8) is 0 Å². The van der Waals surface area contributed by atoms with Gasteiger partial charge in [-0.25, -0.2) is 0 Å². The lowest BCUT2D eigenvalue weighted by Gasteiger charge is -2.31. The summed E-state index contributed by atoms with van der Waals surface area (Å²) < 4.78 is 1.14. The minimum atomic E-state index is 0.295. The zero-order chi connectivity index (χ0) is 15.2. The van der Waals surface area contributed by atoms with Crippen molar-refractivity contribution < 1.29 is 5.11 Å². The summed E-state index contributed by atoms with van der Waals surface area (Å²) in [5.74, 6) is 0. The van der Waals surface area contributed by atoms with Crippen LogP contribution in [-0.2, 0) is 0 Å². The van der Waals surface area contributed by atoms with Crippen LogP contribution in [0.1, 0.15) is 51.1 Å². The van der Waals surface area contributed by atoms with E-state index in [9.17, 15) is 0 Å².